The highest BCUT2D eigenvalue weighted by molar-refractivity contribution is 7.22. The van der Waals surface area contributed by atoms with Gasteiger partial charge < -0.3 is 14.7 Å². The number of anilines is 2. The Kier molecular flexibility index (Phi) is 6.93. The van der Waals surface area contributed by atoms with Gasteiger partial charge in [-0.25, -0.2) is 9.97 Å². The molecule has 1 aliphatic rings. The lowest BCUT2D eigenvalue weighted by Crippen LogP contribution is -2.31. The molecule has 0 radical (unpaired) electrons. The zero-order valence-electron chi connectivity index (χ0n) is 21.8. The van der Waals surface area contributed by atoms with Crippen molar-refractivity contribution in [1.29, 1.82) is 0 Å². The van der Waals surface area contributed by atoms with E-state index in [1.54, 1.807) is 20.1 Å². The second-order valence-corrected chi connectivity index (χ2v) is 11.1. The number of fused-ring (bicyclic) bond motifs is 1. The second kappa shape index (κ2) is 10.2. The number of hydrogen-bond donors (Lipinski definition) is 1. The van der Waals surface area contributed by atoms with E-state index < -0.39 is 23.5 Å². The summed E-state index contributed by atoms with van der Waals surface area (Å²) in [5.74, 6) is -0.940. The van der Waals surface area contributed by atoms with Gasteiger partial charge in [-0.2, -0.15) is 0 Å². The number of aliphatic hydroxyl groups excluding tert-OH is 1. The largest absolute Gasteiger partial charge is 0.503 e. The predicted octanol–water partition coefficient (Wildman–Crippen LogP) is 6.01. The zero-order valence-corrected chi connectivity index (χ0v) is 23.4. The normalized spacial score (nSPS) is 15.6. The molecule has 0 spiro atoms. The Bertz CT molecular complexity index is 1570. The summed E-state index contributed by atoms with van der Waals surface area (Å²) in [5.41, 5.74) is 3.05. The van der Waals surface area contributed by atoms with Crippen molar-refractivity contribution >= 4 is 55.4 Å². The van der Waals surface area contributed by atoms with Gasteiger partial charge in [0.05, 0.1) is 44.5 Å². The Morgan fingerprint density at radius 3 is 2.39 bits per heavy atom. The first-order valence-corrected chi connectivity index (χ1v) is 14.0. The summed E-state index contributed by atoms with van der Waals surface area (Å²) < 4.78 is 6.17. The summed E-state index contributed by atoms with van der Waals surface area (Å²) in [4.78, 5) is 40.6. The Hall–Kier alpha value is -3.76. The topological polar surface area (TPSA) is 95.9 Å². The predicted molar refractivity (Wildman–Crippen MR) is 152 cm³/mol. The fraction of sp³-hybridized carbons (Fsp3) is 0.286. The molecule has 196 valence electrons. The molecule has 0 saturated carbocycles. The Balaban J connectivity index is 1.65. The SMILES string of the molecule is CCN(CC)c1ccc(C2C(C(=O)c3sc(C)nc3C)=C(O)C(=O)N2c2nc3ccc(OC)cc3s2)cc1. The van der Waals surface area contributed by atoms with Gasteiger partial charge in [-0.3, -0.25) is 14.5 Å². The maximum atomic E-state index is 13.9. The van der Waals surface area contributed by atoms with Gasteiger partial charge in [-0.1, -0.05) is 23.5 Å². The van der Waals surface area contributed by atoms with Gasteiger partial charge in [0.15, 0.2) is 10.9 Å². The summed E-state index contributed by atoms with van der Waals surface area (Å²) >= 11 is 2.57. The van der Waals surface area contributed by atoms with Gasteiger partial charge in [0.1, 0.15) is 5.75 Å². The number of ether oxygens (including phenoxy) is 1. The van der Waals surface area contributed by atoms with E-state index in [0.29, 0.717) is 32.5 Å². The molecule has 1 amide bonds. The number of methoxy groups -OCH3 is 1. The van der Waals surface area contributed by atoms with Gasteiger partial charge in [0.25, 0.3) is 5.91 Å². The van der Waals surface area contributed by atoms with E-state index >= 15 is 0 Å². The van der Waals surface area contributed by atoms with Gasteiger partial charge in [-0.05, 0) is 63.6 Å². The molecule has 2 aromatic carbocycles. The lowest BCUT2D eigenvalue weighted by Gasteiger charge is -2.26. The van der Waals surface area contributed by atoms with Crippen molar-refractivity contribution in [1.82, 2.24) is 9.97 Å². The number of thiazole rings is 2. The van der Waals surface area contributed by atoms with Crippen molar-refractivity contribution in [3.05, 3.63) is 74.9 Å². The molecule has 0 bridgehead atoms. The molecule has 0 aliphatic carbocycles. The van der Waals surface area contributed by atoms with E-state index in [2.05, 4.69) is 23.7 Å². The molecule has 1 unspecified atom stereocenters. The van der Waals surface area contributed by atoms with Crippen LogP contribution in [-0.4, -0.2) is 47.0 Å². The number of aromatic nitrogens is 2. The number of benzene rings is 2. The maximum absolute atomic E-state index is 13.9. The minimum Gasteiger partial charge on any atom is -0.503 e. The quantitative estimate of drug-likeness (QED) is 0.270. The van der Waals surface area contributed by atoms with Crippen LogP contribution in [0.25, 0.3) is 10.2 Å². The lowest BCUT2D eigenvalue weighted by molar-refractivity contribution is -0.117. The van der Waals surface area contributed by atoms with E-state index in [0.717, 1.165) is 28.5 Å². The fourth-order valence-electron chi connectivity index (χ4n) is 4.79. The smallest absolute Gasteiger partial charge is 0.296 e. The highest BCUT2D eigenvalue weighted by Gasteiger charge is 2.46. The van der Waals surface area contributed by atoms with Crippen LogP contribution in [0.3, 0.4) is 0 Å². The molecule has 2 aromatic heterocycles. The minimum absolute atomic E-state index is 0.0363. The van der Waals surface area contributed by atoms with E-state index in [4.69, 9.17) is 9.72 Å². The molecule has 0 saturated heterocycles. The van der Waals surface area contributed by atoms with Crippen LogP contribution in [0, 0.1) is 13.8 Å². The molecule has 4 aromatic rings. The van der Waals surface area contributed by atoms with Crippen LogP contribution in [0.15, 0.2) is 53.8 Å². The number of hydrogen-bond acceptors (Lipinski definition) is 9. The van der Waals surface area contributed by atoms with Gasteiger partial charge in [-0.15, -0.1) is 11.3 Å². The van der Waals surface area contributed by atoms with Crippen LogP contribution in [0.4, 0.5) is 10.8 Å². The number of rotatable bonds is 8. The number of carbonyl (C=O) groups is 2. The monoisotopic (exact) mass is 548 g/mol. The molecule has 1 N–H and O–H groups in total. The second-order valence-electron chi connectivity index (χ2n) is 8.91. The fourth-order valence-corrected chi connectivity index (χ4v) is 6.69. The minimum atomic E-state index is -0.843. The highest BCUT2D eigenvalue weighted by atomic mass is 32.1. The first kappa shape index (κ1) is 25.9. The van der Waals surface area contributed by atoms with Crippen LogP contribution in [0.5, 0.6) is 5.75 Å². The standard InChI is InChI=1S/C28H28N4O4S2/c1-6-31(7-2)18-10-8-17(9-11-18)23-22(24(33)26-15(3)29-16(4)37-26)25(34)27(35)32(23)28-30-20-13-12-19(36-5)14-21(20)38-28/h8-14,23,34H,6-7H2,1-5H3. The molecular formula is C28H28N4O4S2. The molecule has 1 atom stereocenters. The molecule has 1 aliphatic heterocycles. The number of nitrogens with zero attached hydrogens (tertiary/aromatic N) is 4. The Morgan fingerprint density at radius 1 is 1.08 bits per heavy atom. The molecule has 10 heteroatoms. The number of Topliss-reactive ketones (excluding diaryl/α,β-unsaturated/α-hetero) is 1. The first-order valence-electron chi connectivity index (χ1n) is 12.3. The summed E-state index contributed by atoms with van der Waals surface area (Å²) in [7, 11) is 1.59. The first-order chi connectivity index (χ1) is 18.3. The third-order valence-electron chi connectivity index (χ3n) is 6.69. The van der Waals surface area contributed by atoms with E-state index in [-0.39, 0.29) is 5.57 Å². The van der Waals surface area contributed by atoms with Crippen LogP contribution >= 0.6 is 22.7 Å². The number of aryl methyl sites for hydroxylation is 2. The molecule has 38 heavy (non-hydrogen) atoms. The van der Waals surface area contributed by atoms with Gasteiger partial charge >= 0.3 is 0 Å². The van der Waals surface area contributed by atoms with Crippen molar-refractivity contribution in [3.8, 4) is 5.75 Å². The van der Waals surface area contributed by atoms with Crippen molar-refractivity contribution in [2.24, 2.45) is 0 Å². The van der Waals surface area contributed by atoms with E-state index in [1.165, 1.54) is 27.6 Å². The van der Waals surface area contributed by atoms with Crippen molar-refractivity contribution < 1.29 is 19.4 Å². The third-order valence-corrected chi connectivity index (χ3v) is 8.78. The summed E-state index contributed by atoms with van der Waals surface area (Å²) in [6.45, 7) is 9.48. The van der Waals surface area contributed by atoms with Crippen molar-refractivity contribution in [2.75, 3.05) is 30.0 Å². The average molecular weight is 549 g/mol. The number of carbonyl (C=O) groups excluding carboxylic acids is 2. The van der Waals surface area contributed by atoms with E-state index in [1.807, 2.05) is 43.3 Å². The Morgan fingerprint density at radius 2 is 1.79 bits per heavy atom. The summed E-state index contributed by atoms with van der Waals surface area (Å²) in [6, 6.07) is 12.4. The molecule has 3 heterocycles. The lowest BCUT2D eigenvalue weighted by atomic mass is 9.95. The number of amides is 1. The number of ketones is 1. The van der Waals surface area contributed by atoms with E-state index in [9.17, 15) is 14.7 Å². The van der Waals surface area contributed by atoms with Crippen LogP contribution in [0.2, 0.25) is 0 Å². The molecule has 0 fully saturated rings. The maximum Gasteiger partial charge on any atom is 0.296 e. The summed E-state index contributed by atoms with van der Waals surface area (Å²) in [5, 5.41) is 12.3. The van der Waals surface area contributed by atoms with Gasteiger partial charge in [0.2, 0.25) is 5.78 Å². The summed E-state index contributed by atoms with van der Waals surface area (Å²) in [6.07, 6.45) is 0. The molecule has 5 rings (SSSR count). The molecular weight excluding hydrogens is 520 g/mol. The van der Waals surface area contributed by atoms with Crippen molar-refractivity contribution in [2.45, 2.75) is 33.7 Å². The van der Waals surface area contributed by atoms with Crippen molar-refractivity contribution in [3.63, 3.8) is 0 Å². The van der Waals surface area contributed by atoms with Crippen LogP contribution < -0.4 is 14.5 Å². The zero-order chi connectivity index (χ0) is 27.1. The highest BCUT2D eigenvalue weighted by Crippen LogP contribution is 2.45. The average Bonchev–Trinajstić information content (AvgIpc) is 3.57. The van der Waals surface area contributed by atoms with Crippen LogP contribution in [0.1, 0.15) is 45.8 Å². The molecule has 8 nitrogen and oxygen atoms in total. The Labute approximate surface area is 228 Å². The third kappa shape index (κ3) is 4.33. The van der Waals surface area contributed by atoms with Gasteiger partial charge in [0, 0.05) is 18.8 Å². The number of aliphatic hydroxyl groups is 1. The van der Waals surface area contributed by atoms with Crippen LogP contribution in [-0.2, 0) is 4.79 Å².